The summed E-state index contributed by atoms with van der Waals surface area (Å²) in [4.78, 5) is 4.11. The van der Waals surface area contributed by atoms with E-state index in [1.165, 1.54) is 6.20 Å². The Bertz CT molecular complexity index is 427. The van der Waals surface area contributed by atoms with Gasteiger partial charge in [-0.25, -0.2) is 4.98 Å². The molecule has 0 aliphatic heterocycles. The van der Waals surface area contributed by atoms with Crippen LogP contribution in [0.15, 0.2) is 12.3 Å². The van der Waals surface area contributed by atoms with Crippen LogP contribution in [0.5, 0.6) is 0 Å². The molecule has 5 heteroatoms. The smallest absolute Gasteiger partial charge is 0.144 e. The van der Waals surface area contributed by atoms with Crippen molar-refractivity contribution in [3.63, 3.8) is 0 Å². The molecule has 0 amide bonds. The second kappa shape index (κ2) is 6.22. The fourth-order valence-corrected chi connectivity index (χ4v) is 1.76. The molecule has 5 nitrogen and oxygen atoms in total. The zero-order valence-electron chi connectivity index (χ0n) is 10.9. The van der Waals surface area contributed by atoms with Gasteiger partial charge in [-0.15, -0.1) is 0 Å². The highest BCUT2D eigenvalue weighted by atomic mass is 16.3. The molecule has 0 radical (unpaired) electrons. The van der Waals surface area contributed by atoms with Crippen LogP contribution in [0.1, 0.15) is 32.3 Å². The van der Waals surface area contributed by atoms with Gasteiger partial charge in [0.15, 0.2) is 0 Å². The number of nitrogens with one attached hydrogen (secondary N) is 1. The standard InChI is InChI=1S/C13H20N4O/c1-3-13(4-2,9-18)8-17-12-10(6-14)5-11(15)7-16-12/h5,7,18H,3-4,8-9,15H2,1-2H3,(H,16,17). The van der Waals surface area contributed by atoms with E-state index < -0.39 is 0 Å². The molecule has 18 heavy (non-hydrogen) atoms. The van der Waals surface area contributed by atoms with E-state index in [-0.39, 0.29) is 12.0 Å². The summed E-state index contributed by atoms with van der Waals surface area (Å²) in [6, 6.07) is 3.65. The van der Waals surface area contributed by atoms with Crippen LogP contribution in [-0.4, -0.2) is 23.2 Å². The van der Waals surface area contributed by atoms with Crippen LogP contribution in [0.3, 0.4) is 0 Å². The molecule has 0 unspecified atom stereocenters. The largest absolute Gasteiger partial charge is 0.397 e. The normalized spacial score (nSPS) is 11.0. The van der Waals surface area contributed by atoms with Gasteiger partial charge in [-0.05, 0) is 18.9 Å². The molecular formula is C13H20N4O. The first-order chi connectivity index (χ1) is 8.60. The number of nitrogen functional groups attached to an aromatic ring is 1. The molecule has 1 aromatic heterocycles. The minimum absolute atomic E-state index is 0.115. The van der Waals surface area contributed by atoms with Crippen LogP contribution in [0, 0.1) is 16.7 Å². The predicted octanol–water partition coefficient (Wildman–Crippen LogP) is 1.75. The van der Waals surface area contributed by atoms with Crippen molar-refractivity contribution in [2.45, 2.75) is 26.7 Å². The number of hydrogen-bond donors (Lipinski definition) is 3. The molecule has 0 aliphatic carbocycles. The first-order valence-electron chi connectivity index (χ1n) is 6.11. The lowest BCUT2D eigenvalue weighted by atomic mass is 9.83. The van der Waals surface area contributed by atoms with E-state index in [0.717, 1.165) is 12.8 Å². The van der Waals surface area contributed by atoms with Gasteiger partial charge < -0.3 is 16.2 Å². The predicted molar refractivity (Wildman–Crippen MR) is 72.0 cm³/mol. The average Bonchev–Trinajstić information content (AvgIpc) is 2.42. The van der Waals surface area contributed by atoms with Crippen molar-refractivity contribution in [2.75, 3.05) is 24.2 Å². The number of hydrogen-bond acceptors (Lipinski definition) is 5. The molecule has 0 aliphatic rings. The van der Waals surface area contributed by atoms with Gasteiger partial charge in [0.05, 0.1) is 24.1 Å². The summed E-state index contributed by atoms with van der Waals surface area (Å²) in [5, 5.41) is 21.6. The van der Waals surface area contributed by atoms with E-state index in [2.05, 4.69) is 16.4 Å². The summed E-state index contributed by atoms with van der Waals surface area (Å²) >= 11 is 0. The van der Waals surface area contributed by atoms with Gasteiger partial charge in [0.2, 0.25) is 0 Å². The Hall–Kier alpha value is -1.80. The Morgan fingerprint density at radius 1 is 1.50 bits per heavy atom. The lowest BCUT2D eigenvalue weighted by Crippen LogP contribution is -2.32. The maximum atomic E-state index is 9.48. The molecule has 0 bridgehead atoms. The fraction of sp³-hybridized carbons (Fsp3) is 0.538. The first kappa shape index (κ1) is 14.3. The van der Waals surface area contributed by atoms with Crippen LogP contribution in [0.4, 0.5) is 11.5 Å². The van der Waals surface area contributed by atoms with Gasteiger partial charge in [0.25, 0.3) is 0 Å². The number of rotatable bonds is 6. The molecule has 1 heterocycles. The monoisotopic (exact) mass is 248 g/mol. The van der Waals surface area contributed by atoms with Crippen molar-refractivity contribution in [2.24, 2.45) is 5.41 Å². The molecule has 0 aromatic carbocycles. The number of aromatic nitrogens is 1. The molecule has 0 fully saturated rings. The maximum Gasteiger partial charge on any atom is 0.144 e. The zero-order chi connectivity index (χ0) is 13.6. The molecule has 0 saturated heterocycles. The highest BCUT2D eigenvalue weighted by molar-refractivity contribution is 5.57. The van der Waals surface area contributed by atoms with Crippen molar-refractivity contribution in [1.82, 2.24) is 4.98 Å². The summed E-state index contributed by atoms with van der Waals surface area (Å²) in [6.07, 6.45) is 3.25. The maximum absolute atomic E-state index is 9.48. The van der Waals surface area contributed by atoms with Gasteiger partial charge >= 0.3 is 0 Å². The summed E-state index contributed by atoms with van der Waals surface area (Å²) in [5.74, 6) is 0.520. The Kier molecular flexibility index (Phi) is 4.93. The third kappa shape index (κ3) is 3.11. The topological polar surface area (TPSA) is 95.0 Å². The molecule has 0 saturated carbocycles. The molecule has 0 spiro atoms. The second-order valence-corrected chi connectivity index (χ2v) is 4.50. The quantitative estimate of drug-likeness (QED) is 0.712. The van der Waals surface area contributed by atoms with E-state index in [4.69, 9.17) is 11.0 Å². The Morgan fingerprint density at radius 2 is 2.17 bits per heavy atom. The molecule has 0 atom stereocenters. The number of aliphatic hydroxyl groups excluding tert-OH is 1. The lowest BCUT2D eigenvalue weighted by molar-refractivity contribution is 0.127. The molecule has 4 N–H and O–H groups in total. The van der Waals surface area contributed by atoms with Crippen molar-refractivity contribution in [1.29, 1.82) is 5.26 Å². The SMILES string of the molecule is CCC(CC)(CO)CNc1ncc(N)cc1C#N. The van der Waals surface area contributed by atoms with Crippen molar-refractivity contribution >= 4 is 11.5 Å². The second-order valence-electron chi connectivity index (χ2n) is 4.50. The highest BCUT2D eigenvalue weighted by Crippen LogP contribution is 2.26. The summed E-state index contributed by atoms with van der Waals surface area (Å²) in [7, 11) is 0. The summed E-state index contributed by atoms with van der Waals surface area (Å²) < 4.78 is 0. The van der Waals surface area contributed by atoms with E-state index in [1.807, 2.05) is 13.8 Å². The zero-order valence-corrected chi connectivity index (χ0v) is 10.9. The van der Waals surface area contributed by atoms with Gasteiger partial charge in [-0.1, -0.05) is 13.8 Å². The minimum atomic E-state index is -0.171. The van der Waals surface area contributed by atoms with Crippen molar-refractivity contribution in [3.8, 4) is 6.07 Å². The van der Waals surface area contributed by atoms with Crippen LogP contribution in [0.25, 0.3) is 0 Å². The first-order valence-corrected chi connectivity index (χ1v) is 6.11. The Balaban J connectivity index is 2.83. The van der Waals surface area contributed by atoms with Gasteiger partial charge in [0, 0.05) is 12.0 Å². The van der Waals surface area contributed by atoms with Gasteiger partial charge in [-0.3, -0.25) is 0 Å². The lowest BCUT2D eigenvalue weighted by Gasteiger charge is -2.29. The summed E-state index contributed by atoms with van der Waals surface area (Å²) in [5.41, 5.74) is 6.31. The third-order valence-corrected chi connectivity index (χ3v) is 3.50. The van der Waals surface area contributed by atoms with Gasteiger partial charge in [-0.2, -0.15) is 5.26 Å². The molecule has 1 aromatic rings. The van der Waals surface area contributed by atoms with E-state index >= 15 is 0 Å². The van der Waals surface area contributed by atoms with Crippen LogP contribution in [0.2, 0.25) is 0 Å². The Labute approximate surface area is 108 Å². The Morgan fingerprint density at radius 3 is 2.67 bits per heavy atom. The fourth-order valence-electron chi connectivity index (χ4n) is 1.76. The van der Waals surface area contributed by atoms with Crippen LogP contribution < -0.4 is 11.1 Å². The van der Waals surface area contributed by atoms with Crippen LogP contribution in [-0.2, 0) is 0 Å². The highest BCUT2D eigenvalue weighted by Gasteiger charge is 2.25. The van der Waals surface area contributed by atoms with E-state index in [1.54, 1.807) is 6.07 Å². The molecule has 98 valence electrons. The van der Waals surface area contributed by atoms with Gasteiger partial charge in [0.1, 0.15) is 11.9 Å². The number of nitriles is 1. The molecular weight excluding hydrogens is 228 g/mol. The number of pyridine rings is 1. The molecule has 1 rings (SSSR count). The number of nitrogens with two attached hydrogens (primary N) is 1. The average molecular weight is 248 g/mol. The number of anilines is 2. The van der Waals surface area contributed by atoms with Crippen molar-refractivity contribution < 1.29 is 5.11 Å². The van der Waals surface area contributed by atoms with E-state index in [9.17, 15) is 5.11 Å². The van der Waals surface area contributed by atoms with E-state index in [0.29, 0.717) is 23.6 Å². The number of nitrogens with zero attached hydrogens (tertiary/aromatic N) is 2. The van der Waals surface area contributed by atoms with Crippen molar-refractivity contribution in [3.05, 3.63) is 17.8 Å². The minimum Gasteiger partial charge on any atom is -0.397 e. The third-order valence-electron chi connectivity index (χ3n) is 3.50. The summed E-state index contributed by atoms with van der Waals surface area (Å²) in [6.45, 7) is 4.79. The van der Waals surface area contributed by atoms with Crippen LogP contribution >= 0.6 is 0 Å². The number of aliphatic hydroxyl groups is 1.